The lowest BCUT2D eigenvalue weighted by Gasteiger charge is -2.26. The number of carbonyl (C=O) groups excluding carboxylic acids is 2. The molecule has 0 saturated carbocycles. The molecule has 2 heterocycles. The van der Waals surface area contributed by atoms with Gasteiger partial charge in [-0.1, -0.05) is 25.1 Å². The maximum absolute atomic E-state index is 12.0. The maximum Gasteiger partial charge on any atom is 0.252 e. The number of anilines is 1. The molecule has 4 rings (SSSR count). The quantitative estimate of drug-likeness (QED) is 0.688. The Kier molecular flexibility index (Phi) is 7.33. The van der Waals surface area contributed by atoms with Gasteiger partial charge in [0, 0.05) is 37.7 Å². The highest BCUT2D eigenvalue weighted by molar-refractivity contribution is 5.98. The molecular formula is C27H35N3O3. The predicted molar refractivity (Wildman–Crippen MR) is 131 cm³/mol. The summed E-state index contributed by atoms with van der Waals surface area (Å²) >= 11 is 0. The number of benzene rings is 2. The Morgan fingerprint density at radius 1 is 1.15 bits per heavy atom. The molecular weight excluding hydrogens is 414 g/mol. The molecule has 6 nitrogen and oxygen atoms in total. The van der Waals surface area contributed by atoms with E-state index in [0.717, 1.165) is 61.5 Å². The summed E-state index contributed by atoms with van der Waals surface area (Å²) in [6.07, 6.45) is 3.32. The average Bonchev–Trinajstić information content (AvgIpc) is 3.07. The van der Waals surface area contributed by atoms with Gasteiger partial charge in [0.1, 0.15) is 5.75 Å². The Balaban J connectivity index is 1.51. The monoisotopic (exact) mass is 449 g/mol. The summed E-state index contributed by atoms with van der Waals surface area (Å²) < 4.78 is 6.26. The van der Waals surface area contributed by atoms with E-state index in [4.69, 9.17) is 4.74 Å². The predicted octanol–water partition coefficient (Wildman–Crippen LogP) is 4.20. The van der Waals surface area contributed by atoms with Crippen molar-refractivity contribution in [1.29, 1.82) is 0 Å². The van der Waals surface area contributed by atoms with E-state index in [-0.39, 0.29) is 11.8 Å². The average molecular weight is 450 g/mol. The number of nitrogens with one attached hydrogen (secondary N) is 1. The molecule has 0 radical (unpaired) electrons. The molecule has 1 fully saturated rings. The lowest BCUT2D eigenvalue weighted by atomic mass is 9.83. The van der Waals surface area contributed by atoms with Gasteiger partial charge in [0.2, 0.25) is 5.91 Å². The molecule has 2 amide bonds. The van der Waals surface area contributed by atoms with E-state index in [0.29, 0.717) is 25.0 Å². The van der Waals surface area contributed by atoms with Crippen LogP contribution in [0.15, 0.2) is 42.5 Å². The van der Waals surface area contributed by atoms with Gasteiger partial charge in [0.15, 0.2) is 0 Å². The molecule has 0 bridgehead atoms. The van der Waals surface area contributed by atoms with Crippen LogP contribution in [-0.2, 0) is 11.3 Å². The van der Waals surface area contributed by atoms with Crippen molar-refractivity contribution in [2.24, 2.45) is 5.92 Å². The lowest BCUT2D eigenvalue weighted by Crippen LogP contribution is -2.25. The number of fused-ring (bicyclic) bond motifs is 1. The fourth-order valence-corrected chi connectivity index (χ4v) is 5.01. The van der Waals surface area contributed by atoms with Crippen LogP contribution >= 0.6 is 0 Å². The molecule has 176 valence electrons. The SMILES string of the molecule is CCCN1CC[C@@H](COc2ccc3c(c2)C(=O)NC3)[C@H](c2ccc(N(C)C(C)=O)cc2)CC1. The van der Waals surface area contributed by atoms with Gasteiger partial charge in [-0.2, -0.15) is 0 Å². The van der Waals surface area contributed by atoms with E-state index in [2.05, 4.69) is 29.3 Å². The van der Waals surface area contributed by atoms with Crippen LogP contribution in [0, 0.1) is 5.92 Å². The molecule has 2 aromatic rings. The number of amides is 2. The third-order valence-electron chi connectivity index (χ3n) is 7.09. The first kappa shape index (κ1) is 23.3. The Morgan fingerprint density at radius 3 is 2.64 bits per heavy atom. The van der Waals surface area contributed by atoms with Crippen LogP contribution in [0.3, 0.4) is 0 Å². The summed E-state index contributed by atoms with van der Waals surface area (Å²) in [6.45, 7) is 8.33. The van der Waals surface area contributed by atoms with Crippen molar-refractivity contribution < 1.29 is 14.3 Å². The first-order valence-corrected chi connectivity index (χ1v) is 12.1. The van der Waals surface area contributed by atoms with Gasteiger partial charge in [0.25, 0.3) is 5.91 Å². The molecule has 1 saturated heterocycles. The first-order chi connectivity index (χ1) is 16.0. The van der Waals surface area contributed by atoms with Gasteiger partial charge >= 0.3 is 0 Å². The summed E-state index contributed by atoms with van der Waals surface area (Å²) in [5.41, 5.74) is 3.97. The topological polar surface area (TPSA) is 61.9 Å². The summed E-state index contributed by atoms with van der Waals surface area (Å²) in [7, 11) is 1.80. The van der Waals surface area contributed by atoms with Crippen LogP contribution in [0.1, 0.15) is 60.5 Å². The summed E-state index contributed by atoms with van der Waals surface area (Å²) in [5, 5.41) is 2.87. The molecule has 0 spiro atoms. The lowest BCUT2D eigenvalue weighted by molar-refractivity contribution is -0.116. The van der Waals surface area contributed by atoms with E-state index in [1.54, 1.807) is 18.9 Å². The van der Waals surface area contributed by atoms with Crippen molar-refractivity contribution >= 4 is 17.5 Å². The minimum Gasteiger partial charge on any atom is -0.493 e. The number of carbonyl (C=O) groups is 2. The largest absolute Gasteiger partial charge is 0.493 e. The van der Waals surface area contributed by atoms with E-state index in [9.17, 15) is 9.59 Å². The first-order valence-electron chi connectivity index (χ1n) is 12.1. The van der Waals surface area contributed by atoms with Crippen molar-refractivity contribution in [3.8, 4) is 5.75 Å². The molecule has 0 aliphatic carbocycles. The van der Waals surface area contributed by atoms with Crippen LogP contribution in [0.2, 0.25) is 0 Å². The molecule has 2 atom stereocenters. The van der Waals surface area contributed by atoms with Crippen LogP contribution in [0.25, 0.3) is 0 Å². The van der Waals surface area contributed by atoms with E-state index < -0.39 is 0 Å². The van der Waals surface area contributed by atoms with Crippen molar-refractivity contribution in [2.45, 2.75) is 45.6 Å². The molecule has 1 N–H and O–H groups in total. The second-order valence-electron chi connectivity index (χ2n) is 9.27. The fraction of sp³-hybridized carbons (Fsp3) is 0.481. The Labute approximate surface area is 196 Å². The van der Waals surface area contributed by atoms with Gasteiger partial charge in [-0.05, 0) is 80.2 Å². The number of hydrogen-bond donors (Lipinski definition) is 1. The summed E-state index contributed by atoms with van der Waals surface area (Å²) in [5.74, 6) is 1.54. The Hall–Kier alpha value is -2.86. The third-order valence-corrected chi connectivity index (χ3v) is 7.09. The summed E-state index contributed by atoms with van der Waals surface area (Å²) in [4.78, 5) is 28.0. The normalized spacial score (nSPS) is 20.6. The number of ether oxygens (including phenoxy) is 1. The Bertz CT molecular complexity index is 989. The van der Waals surface area contributed by atoms with E-state index in [1.165, 1.54) is 5.56 Å². The molecule has 33 heavy (non-hydrogen) atoms. The van der Waals surface area contributed by atoms with E-state index in [1.807, 2.05) is 30.3 Å². The van der Waals surface area contributed by atoms with Crippen LogP contribution in [0.5, 0.6) is 5.75 Å². The highest BCUT2D eigenvalue weighted by Gasteiger charge is 2.29. The highest BCUT2D eigenvalue weighted by atomic mass is 16.5. The van der Waals surface area contributed by atoms with Crippen molar-refractivity contribution in [1.82, 2.24) is 10.2 Å². The fourth-order valence-electron chi connectivity index (χ4n) is 5.01. The van der Waals surface area contributed by atoms with Crippen molar-refractivity contribution in [3.63, 3.8) is 0 Å². The van der Waals surface area contributed by atoms with Gasteiger partial charge in [-0.15, -0.1) is 0 Å². The van der Waals surface area contributed by atoms with Gasteiger partial charge in [-0.3, -0.25) is 9.59 Å². The molecule has 2 aliphatic rings. The molecule has 2 aliphatic heterocycles. The zero-order chi connectivity index (χ0) is 23.4. The smallest absolute Gasteiger partial charge is 0.252 e. The van der Waals surface area contributed by atoms with Gasteiger partial charge in [-0.25, -0.2) is 0 Å². The minimum absolute atomic E-state index is 0.0198. The van der Waals surface area contributed by atoms with Crippen molar-refractivity contribution in [2.75, 3.05) is 38.2 Å². The molecule has 0 unspecified atom stereocenters. The zero-order valence-electron chi connectivity index (χ0n) is 20.0. The standard InChI is InChI=1S/C27H35N3O3/c1-4-13-30-14-11-22(18-33-24-10-7-21-17-28-27(32)26(21)16-24)25(12-15-30)20-5-8-23(9-6-20)29(3)19(2)31/h5-10,16,22,25H,4,11-15,17-18H2,1-3H3,(H,28,32)/t22-,25-/m0/s1. The molecule has 0 aromatic heterocycles. The highest BCUT2D eigenvalue weighted by Crippen LogP contribution is 2.35. The van der Waals surface area contributed by atoms with Crippen LogP contribution < -0.4 is 15.0 Å². The number of hydrogen-bond acceptors (Lipinski definition) is 4. The van der Waals surface area contributed by atoms with Gasteiger partial charge < -0.3 is 19.9 Å². The second kappa shape index (κ2) is 10.4. The third kappa shape index (κ3) is 5.38. The summed E-state index contributed by atoms with van der Waals surface area (Å²) in [6, 6.07) is 14.3. The van der Waals surface area contributed by atoms with E-state index >= 15 is 0 Å². The van der Waals surface area contributed by atoms with Crippen LogP contribution in [0.4, 0.5) is 5.69 Å². The van der Waals surface area contributed by atoms with Crippen LogP contribution in [-0.4, -0.2) is 50.0 Å². The minimum atomic E-state index is -0.0198. The maximum atomic E-state index is 12.0. The zero-order valence-corrected chi connectivity index (χ0v) is 20.0. The number of rotatable bonds is 7. The molecule has 2 aromatic carbocycles. The molecule has 6 heteroatoms. The number of nitrogens with zero attached hydrogens (tertiary/aromatic N) is 2. The number of likely N-dealkylation sites (tertiary alicyclic amines) is 1. The van der Waals surface area contributed by atoms with Gasteiger partial charge in [0.05, 0.1) is 6.61 Å². The van der Waals surface area contributed by atoms with Crippen molar-refractivity contribution in [3.05, 3.63) is 59.2 Å². The Morgan fingerprint density at radius 2 is 1.91 bits per heavy atom. The second-order valence-corrected chi connectivity index (χ2v) is 9.27.